The second-order valence-corrected chi connectivity index (χ2v) is 7.33. The molecule has 0 radical (unpaired) electrons. The number of nitrogen functional groups attached to an aromatic ring is 1. The van der Waals surface area contributed by atoms with Gasteiger partial charge in [0.1, 0.15) is 11.8 Å². The fraction of sp³-hybridized carbons (Fsp3) is 0.143. The number of allylic oxidation sites excluding steroid dienone is 1. The maximum atomic E-state index is 9.38. The van der Waals surface area contributed by atoms with Crippen LogP contribution < -0.4 is 5.73 Å². The fourth-order valence-electron chi connectivity index (χ4n) is 2.03. The average molecular weight is 335 g/mol. The summed E-state index contributed by atoms with van der Waals surface area (Å²) < 4.78 is 2.73. The highest BCUT2D eigenvalue weighted by Crippen LogP contribution is 2.53. The van der Waals surface area contributed by atoms with Gasteiger partial charge in [0.25, 0.3) is 0 Å². The Bertz CT molecular complexity index is 734. The third kappa shape index (κ3) is 2.91. The van der Waals surface area contributed by atoms with Crippen molar-refractivity contribution in [1.29, 1.82) is 5.26 Å². The van der Waals surface area contributed by atoms with E-state index in [1.165, 1.54) is 0 Å². The zero-order chi connectivity index (χ0) is 14.8. The Morgan fingerprint density at radius 1 is 1.52 bits per heavy atom. The van der Waals surface area contributed by atoms with Crippen molar-refractivity contribution in [3.8, 4) is 6.07 Å². The van der Waals surface area contributed by atoms with Crippen molar-refractivity contribution < 1.29 is 0 Å². The second kappa shape index (κ2) is 6.06. The zero-order valence-corrected chi connectivity index (χ0v) is 13.3. The summed E-state index contributed by atoms with van der Waals surface area (Å²) in [6.07, 6.45) is 5.07. The number of nitrogens with zero attached hydrogens (tertiary/aromatic N) is 3. The van der Waals surface area contributed by atoms with Crippen molar-refractivity contribution in [2.75, 3.05) is 11.5 Å². The smallest absolute Gasteiger partial charge is 0.145 e. The summed E-state index contributed by atoms with van der Waals surface area (Å²) in [5.41, 5.74) is 8.05. The van der Waals surface area contributed by atoms with Crippen LogP contribution in [0.5, 0.6) is 0 Å². The number of hydrogen-bond donors (Lipinski definition) is 1. The molecule has 7 heteroatoms. The first-order valence-electron chi connectivity index (χ1n) is 6.16. The predicted molar refractivity (Wildman–Crippen MR) is 89.7 cm³/mol. The standard InChI is InChI=1S/C14H11ClN4S2/c15-11-5-9(17)1-2-10(11)13-7-20-14(21-13)12(6-16)19-4-3-18-8-19/h1-5,8,13H,7,17H2. The second-order valence-electron chi connectivity index (χ2n) is 4.42. The van der Waals surface area contributed by atoms with Crippen molar-refractivity contribution in [3.63, 3.8) is 0 Å². The summed E-state index contributed by atoms with van der Waals surface area (Å²) in [7, 11) is 0. The number of thioether (sulfide) groups is 2. The highest BCUT2D eigenvalue weighted by Gasteiger charge is 2.27. The summed E-state index contributed by atoms with van der Waals surface area (Å²) in [5.74, 6) is 0.878. The van der Waals surface area contributed by atoms with E-state index in [4.69, 9.17) is 17.3 Å². The number of benzene rings is 1. The van der Waals surface area contributed by atoms with Gasteiger partial charge in [-0.2, -0.15) is 5.26 Å². The number of halogens is 1. The molecule has 1 aromatic carbocycles. The van der Waals surface area contributed by atoms with Crippen molar-refractivity contribution in [1.82, 2.24) is 9.55 Å². The number of imidazole rings is 1. The molecule has 2 heterocycles. The topological polar surface area (TPSA) is 67.6 Å². The Kier molecular flexibility index (Phi) is 4.15. The summed E-state index contributed by atoms with van der Waals surface area (Å²) in [6, 6.07) is 7.84. The van der Waals surface area contributed by atoms with Crippen molar-refractivity contribution in [2.45, 2.75) is 5.25 Å². The molecule has 1 saturated heterocycles. The van der Waals surface area contributed by atoms with Gasteiger partial charge in [0.15, 0.2) is 0 Å². The number of anilines is 1. The zero-order valence-electron chi connectivity index (χ0n) is 10.9. The lowest BCUT2D eigenvalue weighted by Gasteiger charge is -2.10. The molecule has 1 aromatic heterocycles. The van der Waals surface area contributed by atoms with Gasteiger partial charge < -0.3 is 5.73 Å². The molecule has 106 valence electrons. The molecule has 1 fully saturated rings. The first-order chi connectivity index (χ1) is 10.2. The van der Waals surface area contributed by atoms with E-state index in [-0.39, 0.29) is 5.25 Å². The molecule has 1 aliphatic heterocycles. The van der Waals surface area contributed by atoms with Crippen LogP contribution in [0.4, 0.5) is 5.69 Å². The first kappa shape index (κ1) is 14.4. The molecule has 2 aromatic rings. The minimum absolute atomic E-state index is 0.227. The van der Waals surface area contributed by atoms with Gasteiger partial charge in [-0.05, 0) is 17.7 Å². The van der Waals surface area contributed by atoms with Crippen molar-refractivity contribution in [3.05, 3.63) is 51.7 Å². The molecule has 0 amide bonds. The highest BCUT2D eigenvalue weighted by molar-refractivity contribution is 8.25. The van der Waals surface area contributed by atoms with Crippen LogP contribution >= 0.6 is 35.1 Å². The number of nitriles is 1. The quantitative estimate of drug-likeness (QED) is 0.664. The van der Waals surface area contributed by atoms with E-state index in [0.717, 1.165) is 15.6 Å². The van der Waals surface area contributed by atoms with Crippen LogP contribution in [0.2, 0.25) is 5.02 Å². The largest absolute Gasteiger partial charge is 0.399 e. The minimum atomic E-state index is 0.227. The first-order valence-corrected chi connectivity index (χ1v) is 8.40. The van der Waals surface area contributed by atoms with Gasteiger partial charge in [0.2, 0.25) is 0 Å². The van der Waals surface area contributed by atoms with E-state index < -0.39 is 0 Å². The lowest BCUT2D eigenvalue weighted by atomic mass is 10.1. The van der Waals surface area contributed by atoms with Gasteiger partial charge >= 0.3 is 0 Å². The van der Waals surface area contributed by atoms with E-state index in [1.807, 2.05) is 12.1 Å². The van der Waals surface area contributed by atoms with E-state index in [0.29, 0.717) is 16.4 Å². The number of aromatic nitrogens is 2. The molecule has 1 atom stereocenters. The predicted octanol–water partition coefficient (Wildman–Crippen LogP) is 3.99. The molecular weight excluding hydrogens is 324 g/mol. The molecule has 1 unspecified atom stereocenters. The number of rotatable bonds is 2. The Hall–Kier alpha value is -1.55. The monoisotopic (exact) mass is 334 g/mol. The molecule has 0 saturated carbocycles. The van der Waals surface area contributed by atoms with E-state index in [9.17, 15) is 5.26 Å². The van der Waals surface area contributed by atoms with Crippen LogP contribution in [-0.4, -0.2) is 15.3 Å². The van der Waals surface area contributed by atoms with Gasteiger partial charge in [-0.1, -0.05) is 17.7 Å². The molecule has 0 aliphatic carbocycles. The van der Waals surface area contributed by atoms with Crippen molar-refractivity contribution in [2.24, 2.45) is 0 Å². The molecular formula is C14H11ClN4S2. The molecule has 1 aliphatic rings. The lowest BCUT2D eigenvalue weighted by molar-refractivity contribution is 1.10. The van der Waals surface area contributed by atoms with E-state index in [2.05, 4.69) is 11.1 Å². The van der Waals surface area contributed by atoms with Gasteiger partial charge in [-0.3, -0.25) is 4.57 Å². The van der Waals surface area contributed by atoms with Gasteiger partial charge in [-0.15, -0.1) is 23.5 Å². The third-order valence-electron chi connectivity index (χ3n) is 3.05. The Balaban J connectivity index is 1.90. The maximum absolute atomic E-state index is 9.38. The average Bonchev–Trinajstić information content (AvgIpc) is 3.12. The van der Waals surface area contributed by atoms with E-state index in [1.54, 1.807) is 52.9 Å². The number of hydrogen-bond acceptors (Lipinski definition) is 5. The Labute approximate surface area is 136 Å². The fourth-order valence-corrected chi connectivity index (χ4v) is 5.34. The van der Waals surface area contributed by atoms with Crippen LogP contribution in [0.15, 0.2) is 41.2 Å². The van der Waals surface area contributed by atoms with Crippen LogP contribution in [0.25, 0.3) is 5.70 Å². The summed E-state index contributed by atoms with van der Waals surface area (Å²) in [4.78, 5) is 3.99. The molecule has 0 spiro atoms. The van der Waals surface area contributed by atoms with Crippen LogP contribution in [0, 0.1) is 11.3 Å². The lowest BCUT2D eigenvalue weighted by Crippen LogP contribution is -1.95. The molecule has 4 nitrogen and oxygen atoms in total. The number of nitrogens with two attached hydrogens (primary N) is 1. The maximum Gasteiger partial charge on any atom is 0.145 e. The minimum Gasteiger partial charge on any atom is -0.399 e. The summed E-state index contributed by atoms with van der Waals surface area (Å²) in [5, 5.41) is 10.3. The molecule has 2 N–H and O–H groups in total. The van der Waals surface area contributed by atoms with E-state index >= 15 is 0 Å². The van der Waals surface area contributed by atoms with Crippen LogP contribution in [0.1, 0.15) is 10.8 Å². The third-order valence-corrected chi connectivity index (χ3v) is 6.30. The normalized spacial score (nSPS) is 20.3. The summed E-state index contributed by atoms with van der Waals surface area (Å²) >= 11 is 9.60. The van der Waals surface area contributed by atoms with Gasteiger partial charge in [0.05, 0.1) is 10.6 Å². The molecule has 0 bridgehead atoms. The highest BCUT2D eigenvalue weighted by atomic mass is 35.5. The SMILES string of the molecule is N#CC(=C1SCC(c2ccc(N)cc2Cl)S1)n1ccnc1. The molecule has 21 heavy (non-hydrogen) atoms. The van der Waals surface area contributed by atoms with Gasteiger partial charge in [-0.25, -0.2) is 4.98 Å². The van der Waals surface area contributed by atoms with Crippen LogP contribution in [0.3, 0.4) is 0 Å². The van der Waals surface area contributed by atoms with Crippen LogP contribution in [-0.2, 0) is 0 Å². The van der Waals surface area contributed by atoms with Gasteiger partial charge in [0, 0.05) is 34.1 Å². The Morgan fingerprint density at radius 3 is 3.05 bits per heavy atom. The molecule has 3 rings (SSSR count). The van der Waals surface area contributed by atoms with Crippen molar-refractivity contribution >= 4 is 46.5 Å². The summed E-state index contributed by atoms with van der Waals surface area (Å²) in [6.45, 7) is 0. The Morgan fingerprint density at radius 2 is 2.38 bits per heavy atom.